The van der Waals surface area contributed by atoms with Gasteiger partial charge in [-0.05, 0) is 12.0 Å². The van der Waals surface area contributed by atoms with E-state index < -0.39 is 19.0 Å². The molecule has 116 valence electrons. The predicted octanol–water partition coefficient (Wildman–Crippen LogP) is 1.24. The van der Waals surface area contributed by atoms with Gasteiger partial charge in [0, 0.05) is 13.1 Å². The molecule has 0 saturated carbocycles. The zero-order valence-corrected chi connectivity index (χ0v) is 12.6. The van der Waals surface area contributed by atoms with E-state index in [1.54, 1.807) is 29.2 Å². The highest BCUT2D eigenvalue weighted by atomic mass is 31.2. The van der Waals surface area contributed by atoms with Gasteiger partial charge in [0.1, 0.15) is 5.66 Å². The summed E-state index contributed by atoms with van der Waals surface area (Å²) in [4.78, 5) is 23.5. The Morgan fingerprint density at radius 3 is 2.48 bits per heavy atom. The van der Waals surface area contributed by atoms with Gasteiger partial charge in [-0.25, -0.2) is 0 Å². The average molecular weight is 313 g/mol. The normalized spacial score (nSPS) is 20.6. The zero-order chi connectivity index (χ0) is 15.3. The van der Waals surface area contributed by atoms with Gasteiger partial charge in [-0.1, -0.05) is 30.3 Å². The molecule has 0 radical (unpaired) electrons. The number of nitrogens with zero attached hydrogens (tertiary/aromatic N) is 1. The number of morpholine rings is 1. The van der Waals surface area contributed by atoms with Crippen LogP contribution in [0.5, 0.6) is 0 Å². The van der Waals surface area contributed by atoms with Gasteiger partial charge in [-0.3, -0.25) is 14.3 Å². The summed E-state index contributed by atoms with van der Waals surface area (Å²) in [6, 6.07) is 8.94. The summed E-state index contributed by atoms with van der Waals surface area (Å²) in [5.74, 6) is -1.22. The molecule has 21 heavy (non-hydrogen) atoms. The molecule has 1 aromatic carbocycles. The molecule has 0 aromatic heterocycles. The monoisotopic (exact) mass is 313 g/mol. The molecular weight excluding hydrogens is 293 g/mol. The lowest BCUT2D eigenvalue weighted by molar-refractivity contribution is -0.136. The fourth-order valence-electron chi connectivity index (χ4n) is 2.37. The Morgan fingerprint density at radius 2 is 1.90 bits per heavy atom. The Morgan fingerprint density at radius 1 is 1.29 bits per heavy atom. The van der Waals surface area contributed by atoms with E-state index in [2.05, 4.69) is 0 Å². The van der Waals surface area contributed by atoms with Gasteiger partial charge in [0.2, 0.25) is 7.37 Å². The van der Waals surface area contributed by atoms with Crippen LogP contribution >= 0.6 is 7.37 Å². The summed E-state index contributed by atoms with van der Waals surface area (Å²) >= 11 is 0. The largest absolute Gasteiger partial charge is 0.481 e. The molecule has 1 aliphatic rings. The second-order valence-corrected chi connectivity index (χ2v) is 7.59. The van der Waals surface area contributed by atoms with E-state index in [-0.39, 0.29) is 12.7 Å². The van der Waals surface area contributed by atoms with Crippen LogP contribution in [0.25, 0.3) is 0 Å². The highest BCUT2D eigenvalue weighted by Crippen LogP contribution is 2.48. The SMILES string of the molecule is O=C(O)[C@H](Cc1ccccc1)P(=O)(O)CN1CCOCC1. The maximum Gasteiger partial charge on any atom is 0.316 e. The van der Waals surface area contributed by atoms with Gasteiger partial charge in [-0.15, -0.1) is 0 Å². The van der Waals surface area contributed by atoms with E-state index in [1.165, 1.54) is 0 Å². The van der Waals surface area contributed by atoms with Crippen molar-refractivity contribution in [2.45, 2.75) is 12.1 Å². The fraction of sp³-hybridized carbons (Fsp3) is 0.500. The summed E-state index contributed by atoms with van der Waals surface area (Å²) < 4.78 is 17.7. The molecule has 1 unspecified atom stereocenters. The molecule has 0 bridgehead atoms. The molecule has 2 atom stereocenters. The first-order chi connectivity index (χ1) is 9.99. The molecule has 1 aliphatic heterocycles. The Kier molecular flexibility index (Phi) is 5.53. The topological polar surface area (TPSA) is 87.1 Å². The van der Waals surface area contributed by atoms with Crippen molar-refractivity contribution in [1.82, 2.24) is 4.90 Å². The molecule has 2 rings (SSSR count). The van der Waals surface area contributed by atoms with Crippen LogP contribution in [-0.2, 0) is 20.5 Å². The van der Waals surface area contributed by atoms with E-state index in [0.29, 0.717) is 26.3 Å². The van der Waals surface area contributed by atoms with Crippen molar-refractivity contribution in [1.29, 1.82) is 0 Å². The molecule has 2 N–H and O–H groups in total. The van der Waals surface area contributed by atoms with E-state index in [0.717, 1.165) is 5.56 Å². The Balaban J connectivity index is 2.08. The molecule has 1 saturated heterocycles. The molecule has 1 fully saturated rings. The molecule has 1 heterocycles. The van der Waals surface area contributed by atoms with Crippen LogP contribution in [0.3, 0.4) is 0 Å². The highest BCUT2D eigenvalue weighted by Gasteiger charge is 2.38. The van der Waals surface area contributed by atoms with Crippen LogP contribution in [0.1, 0.15) is 5.56 Å². The summed E-state index contributed by atoms with van der Waals surface area (Å²) in [5, 5.41) is 9.32. The van der Waals surface area contributed by atoms with E-state index in [9.17, 15) is 19.4 Å². The summed E-state index contributed by atoms with van der Waals surface area (Å²) in [5.41, 5.74) is -0.524. The number of carboxylic acids is 1. The summed E-state index contributed by atoms with van der Waals surface area (Å²) in [6.45, 7) is 2.14. The van der Waals surface area contributed by atoms with Crippen LogP contribution in [0.15, 0.2) is 30.3 Å². The number of ether oxygens (including phenoxy) is 1. The molecule has 0 spiro atoms. The number of carboxylic acid groups (broad SMARTS) is 1. The van der Waals surface area contributed by atoms with Crippen LogP contribution in [0, 0.1) is 0 Å². The van der Waals surface area contributed by atoms with Crippen molar-refractivity contribution in [3.8, 4) is 0 Å². The molecule has 7 heteroatoms. The van der Waals surface area contributed by atoms with Crippen molar-refractivity contribution in [2.75, 3.05) is 32.6 Å². The maximum absolute atomic E-state index is 12.5. The minimum absolute atomic E-state index is 0.0638. The van der Waals surface area contributed by atoms with E-state index in [1.807, 2.05) is 6.07 Å². The number of benzene rings is 1. The van der Waals surface area contributed by atoms with E-state index >= 15 is 0 Å². The zero-order valence-electron chi connectivity index (χ0n) is 11.7. The van der Waals surface area contributed by atoms with Crippen molar-refractivity contribution in [3.63, 3.8) is 0 Å². The number of aliphatic carboxylic acids is 1. The molecule has 0 aliphatic carbocycles. The second-order valence-electron chi connectivity index (χ2n) is 5.17. The quantitative estimate of drug-likeness (QED) is 0.769. The van der Waals surface area contributed by atoms with Gasteiger partial charge >= 0.3 is 5.97 Å². The van der Waals surface area contributed by atoms with Gasteiger partial charge in [0.05, 0.1) is 19.5 Å². The lowest BCUT2D eigenvalue weighted by Gasteiger charge is -2.30. The highest BCUT2D eigenvalue weighted by molar-refractivity contribution is 7.59. The minimum Gasteiger partial charge on any atom is -0.481 e. The Hall–Kier alpha value is -1.20. The number of hydrogen-bond acceptors (Lipinski definition) is 4. The molecular formula is C14H20NO5P. The minimum atomic E-state index is -3.82. The lowest BCUT2D eigenvalue weighted by Crippen LogP contribution is -2.39. The predicted molar refractivity (Wildman–Crippen MR) is 78.7 cm³/mol. The summed E-state index contributed by atoms with van der Waals surface area (Å²) in [7, 11) is -3.82. The molecule has 6 nitrogen and oxygen atoms in total. The third-order valence-electron chi connectivity index (χ3n) is 3.55. The van der Waals surface area contributed by atoms with Crippen molar-refractivity contribution >= 4 is 13.3 Å². The summed E-state index contributed by atoms with van der Waals surface area (Å²) in [6.07, 6.45) is -0.0333. The van der Waals surface area contributed by atoms with Crippen molar-refractivity contribution in [3.05, 3.63) is 35.9 Å². The van der Waals surface area contributed by atoms with Crippen molar-refractivity contribution in [2.24, 2.45) is 0 Å². The third kappa shape index (κ3) is 4.64. The van der Waals surface area contributed by atoms with Crippen LogP contribution < -0.4 is 0 Å². The first-order valence-corrected chi connectivity index (χ1v) is 8.79. The van der Waals surface area contributed by atoms with Gasteiger partial charge in [-0.2, -0.15) is 0 Å². The van der Waals surface area contributed by atoms with Gasteiger partial charge in [0.25, 0.3) is 0 Å². The second kappa shape index (κ2) is 7.18. The first-order valence-electron chi connectivity index (χ1n) is 6.87. The smallest absolute Gasteiger partial charge is 0.316 e. The van der Waals surface area contributed by atoms with Crippen LogP contribution in [0.4, 0.5) is 0 Å². The van der Waals surface area contributed by atoms with Crippen LogP contribution in [0.2, 0.25) is 0 Å². The standard InChI is InChI=1S/C14H20NO5P/c16-14(17)13(10-12-4-2-1-3-5-12)21(18,19)11-15-6-8-20-9-7-15/h1-5,13H,6-11H2,(H,16,17)(H,18,19)/t13-/m0/s1. The molecule has 1 aromatic rings. The van der Waals surface area contributed by atoms with Gasteiger partial charge in [0.15, 0.2) is 0 Å². The first kappa shape index (κ1) is 16.2. The average Bonchev–Trinajstić information content (AvgIpc) is 2.46. The van der Waals surface area contributed by atoms with Gasteiger partial charge < -0.3 is 14.7 Å². The lowest BCUT2D eigenvalue weighted by atomic mass is 10.1. The Bertz CT molecular complexity index is 515. The number of hydrogen-bond donors (Lipinski definition) is 2. The van der Waals surface area contributed by atoms with E-state index in [4.69, 9.17) is 4.74 Å². The fourth-order valence-corrected chi connectivity index (χ4v) is 4.26. The third-order valence-corrected chi connectivity index (χ3v) is 5.73. The molecule has 0 amide bonds. The maximum atomic E-state index is 12.5. The Labute approximate surface area is 123 Å². The van der Waals surface area contributed by atoms with Crippen molar-refractivity contribution < 1.29 is 24.1 Å². The number of carbonyl (C=O) groups is 1. The van der Waals surface area contributed by atoms with Crippen LogP contribution in [-0.4, -0.2) is 59.1 Å². The number of rotatable bonds is 6.